The molecule has 1 aromatic rings. The average Bonchev–Trinajstić information content (AvgIpc) is 2.40. The van der Waals surface area contributed by atoms with E-state index in [9.17, 15) is 9.59 Å². The van der Waals surface area contributed by atoms with Crippen LogP contribution in [0.5, 0.6) is 11.5 Å². The topological polar surface area (TPSA) is 64.6 Å². The Morgan fingerprint density at radius 3 is 2.79 bits per heavy atom. The summed E-state index contributed by atoms with van der Waals surface area (Å²) in [5.41, 5.74) is 0.486. The van der Waals surface area contributed by atoms with Crippen LogP contribution in [0, 0.1) is 0 Å². The third-order valence-corrected chi connectivity index (χ3v) is 2.93. The van der Waals surface area contributed by atoms with E-state index >= 15 is 0 Å². The molecule has 0 saturated heterocycles. The van der Waals surface area contributed by atoms with Gasteiger partial charge < -0.3 is 14.8 Å². The second-order valence-electron chi connectivity index (χ2n) is 3.70. The van der Waals surface area contributed by atoms with Gasteiger partial charge in [0.25, 0.3) is 0 Å². The highest BCUT2D eigenvalue weighted by Crippen LogP contribution is 2.36. The van der Waals surface area contributed by atoms with Gasteiger partial charge in [-0.25, -0.2) is 0 Å². The number of hydrogen-bond donors (Lipinski definition) is 1. The highest BCUT2D eigenvalue weighted by molar-refractivity contribution is 9.10. The Bertz CT molecular complexity index is 462. The van der Waals surface area contributed by atoms with Gasteiger partial charge in [-0.1, -0.05) is 0 Å². The summed E-state index contributed by atoms with van der Waals surface area (Å²) in [6, 6.07) is 3.22. The number of carbonyl (C=O) groups excluding carboxylic acids is 2. The molecule has 0 aliphatic heterocycles. The molecule has 0 aromatic heterocycles. The van der Waals surface area contributed by atoms with Crippen LogP contribution < -0.4 is 14.8 Å². The van der Waals surface area contributed by atoms with Crippen LogP contribution in [0.1, 0.15) is 23.7 Å². The number of methoxy groups -OCH3 is 1. The minimum atomic E-state index is -0.0675. The lowest BCUT2D eigenvalue weighted by molar-refractivity contribution is -0.121. The van der Waals surface area contributed by atoms with Crippen molar-refractivity contribution in [3.8, 4) is 11.5 Å². The molecule has 1 rings (SSSR count). The van der Waals surface area contributed by atoms with Crippen molar-refractivity contribution >= 4 is 28.1 Å². The van der Waals surface area contributed by atoms with E-state index in [-0.39, 0.29) is 18.9 Å². The minimum absolute atomic E-state index is 0.0675. The number of benzene rings is 1. The molecule has 1 amide bonds. The van der Waals surface area contributed by atoms with E-state index in [2.05, 4.69) is 21.2 Å². The molecule has 0 heterocycles. The van der Waals surface area contributed by atoms with Crippen LogP contribution in [0.4, 0.5) is 0 Å². The molecule has 0 bridgehead atoms. The molecular formula is C13H16BrNO4. The summed E-state index contributed by atoms with van der Waals surface area (Å²) in [5.74, 6) is 0.867. The molecule has 0 saturated carbocycles. The van der Waals surface area contributed by atoms with E-state index in [1.165, 1.54) is 7.11 Å². The minimum Gasteiger partial charge on any atom is -0.493 e. The summed E-state index contributed by atoms with van der Waals surface area (Å²) in [7, 11) is 1.49. The van der Waals surface area contributed by atoms with Gasteiger partial charge in [-0.05, 0) is 35.0 Å². The SMILES string of the molecule is CCNC(=O)CCOc1c(Br)cc(C=O)cc1OC. The molecule has 1 aromatic carbocycles. The zero-order valence-corrected chi connectivity index (χ0v) is 12.5. The predicted molar refractivity (Wildman–Crippen MR) is 74.9 cm³/mol. The first-order chi connectivity index (χ1) is 9.12. The zero-order valence-electron chi connectivity index (χ0n) is 10.9. The molecule has 0 atom stereocenters. The van der Waals surface area contributed by atoms with Crippen LogP contribution in [0.15, 0.2) is 16.6 Å². The predicted octanol–water partition coefficient (Wildman–Crippen LogP) is 2.18. The standard InChI is InChI=1S/C13H16BrNO4/c1-3-15-12(17)4-5-19-13-10(14)6-9(8-16)7-11(13)18-2/h6-8H,3-5H2,1-2H3,(H,15,17). The van der Waals surface area contributed by atoms with Crippen LogP contribution in [0.25, 0.3) is 0 Å². The van der Waals surface area contributed by atoms with Crippen molar-refractivity contribution in [3.63, 3.8) is 0 Å². The lowest BCUT2D eigenvalue weighted by Crippen LogP contribution is -2.24. The summed E-state index contributed by atoms with van der Waals surface area (Å²) >= 11 is 3.31. The van der Waals surface area contributed by atoms with E-state index in [0.29, 0.717) is 28.1 Å². The molecule has 0 radical (unpaired) electrons. The van der Waals surface area contributed by atoms with Gasteiger partial charge in [-0.2, -0.15) is 0 Å². The Balaban J connectivity index is 2.72. The Kier molecular flexibility index (Phi) is 6.35. The molecule has 104 valence electrons. The Hall–Kier alpha value is -1.56. The summed E-state index contributed by atoms with van der Waals surface area (Å²) < 4.78 is 11.3. The number of aldehydes is 1. The van der Waals surface area contributed by atoms with Gasteiger partial charge in [0.1, 0.15) is 6.29 Å². The van der Waals surface area contributed by atoms with Gasteiger partial charge in [0.2, 0.25) is 5.91 Å². The van der Waals surface area contributed by atoms with Crippen molar-refractivity contribution < 1.29 is 19.1 Å². The first-order valence-corrected chi connectivity index (χ1v) is 6.63. The van der Waals surface area contributed by atoms with Crippen molar-refractivity contribution in [3.05, 3.63) is 22.2 Å². The van der Waals surface area contributed by atoms with Crippen molar-refractivity contribution in [1.82, 2.24) is 5.32 Å². The lowest BCUT2D eigenvalue weighted by Gasteiger charge is -2.13. The zero-order chi connectivity index (χ0) is 14.3. The maximum absolute atomic E-state index is 11.3. The summed E-state index contributed by atoms with van der Waals surface area (Å²) in [5, 5.41) is 2.69. The fraction of sp³-hybridized carbons (Fsp3) is 0.385. The lowest BCUT2D eigenvalue weighted by atomic mass is 10.2. The van der Waals surface area contributed by atoms with Gasteiger partial charge >= 0.3 is 0 Å². The third-order valence-electron chi connectivity index (χ3n) is 2.34. The number of amides is 1. The number of nitrogens with one attached hydrogen (secondary N) is 1. The van der Waals surface area contributed by atoms with Crippen LogP contribution in [0.2, 0.25) is 0 Å². The Morgan fingerprint density at radius 1 is 1.47 bits per heavy atom. The molecule has 0 unspecified atom stereocenters. The summed E-state index contributed by atoms with van der Waals surface area (Å²) in [4.78, 5) is 22.0. The van der Waals surface area contributed by atoms with Crippen molar-refractivity contribution in [2.45, 2.75) is 13.3 Å². The maximum Gasteiger partial charge on any atom is 0.223 e. The number of hydrogen-bond acceptors (Lipinski definition) is 4. The third kappa shape index (κ3) is 4.55. The van der Waals surface area contributed by atoms with E-state index in [1.54, 1.807) is 12.1 Å². The van der Waals surface area contributed by atoms with Crippen LogP contribution in [-0.2, 0) is 4.79 Å². The van der Waals surface area contributed by atoms with Gasteiger partial charge in [-0.15, -0.1) is 0 Å². The number of carbonyl (C=O) groups is 2. The van der Waals surface area contributed by atoms with Crippen molar-refractivity contribution in [1.29, 1.82) is 0 Å². The molecule has 19 heavy (non-hydrogen) atoms. The van der Waals surface area contributed by atoms with Crippen LogP contribution >= 0.6 is 15.9 Å². The van der Waals surface area contributed by atoms with Gasteiger partial charge in [0.15, 0.2) is 11.5 Å². The quantitative estimate of drug-likeness (QED) is 0.779. The molecule has 5 nitrogen and oxygen atoms in total. The van der Waals surface area contributed by atoms with Gasteiger partial charge in [-0.3, -0.25) is 9.59 Å². The number of rotatable bonds is 7. The van der Waals surface area contributed by atoms with Gasteiger partial charge in [0.05, 0.1) is 24.6 Å². The summed E-state index contributed by atoms with van der Waals surface area (Å²) in [6.07, 6.45) is 0.991. The highest BCUT2D eigenvalue weighted by Gasteiger charge is 2.12. The summed E-state index contributed by atoms with van der Waals surface area (Å²) in [6.45, 7) is 2.69. The van der Waals surface area contributed by atoms with Crippen molar-refractivity contribution in [2.75, 3.05) is 20.3 Å². The smallest absolute Gasteiger partial charge is 0.223 e. The first-order valence-electron chi connectivity index (χ1n) is 5.84. The average molecular weight is 330 g/mol. The van der Waals surface area contributed by atoms with E-state index in [1.807, 2.05) is 6.92 Å². The van der Waals surface area contributed by atoms with E-state index < -0.39 is 0 Å². The fourth-order valence-electron chi connectivity index (χ4n) is 1.48. The maximum atomic E-state index is 11.3. The number of ether oxygens (including phenoxy) is 2. The Labute approximate surface area is 120 Å². The van der Waals surface area contributed by atoms with E-state index in [4.69, 9.17) is 9.47 Å². The molecule has 0 aliphatic rings. The first kappa shape index (κ1) is 15.5. The number of halogens is 1. The molecule has 0 fully saturated rings. The van der Waals surface area contributed by atoms with Crippen molar-refractivity contribution in [2.24, 2.45) is 0 Å². The largest absolute Gasteiger partial charge is 0.493 e. The Morgan fingerprint density at radius 2 is 2.21 bits per heavy atom. The molecule has 0 spiro atoms. The molecule has 0 aliphatic carbocycles. The second-order valence-corrected chi connectivity index (χ2v) is 4.56. The monoisotopic (exact) mass is 329 g/mol. The molecule has 1 N–H and O–H groups in total. The van der Waals surface area contributed by atoms with Crippen LogP contribution in [-0.4, -0.2) is 32.5 Å². The van der Waals surface area contributed by atoms with E-state index in [0.717, 1.165) is 6.29 Å². The normalized spacial score (nSPS) is 9.84. The van der Waals surface area contributed by atoms with Gasteiger partial charge in [0, 0.05) is 12.1 Å². The molecule has 6 heteroatoms. The molecular weight excluding hydrogens is 314 g/mol. The fourth-order valence-corrected chi connectivity index (χ4v) is 2.05. The van der Waals surface area contributed by atoms with Crippen LogP contribution in [0.3, 0.4) is 0 Å². The second kappa shape index (κ2) is 7.78. The highest BCUT2D eigenvalue weighted by atomic mass is 79.9.